The lowest BCUT2D eigenvalue weighted by atomic mass is 10.1. The average molecular weight is 533 g/mol. The number of carbonyl (C=O) groups excluding carboxylic acids is 1. The molecule has 36 heavy (non-hydrogen) atoms. The van der Waals surface area contributed by atoms with Crippen LogP contribution in [-0.4, -0.2) is 85.2 Å². The Labute approximate surface area is 206 Å². The van der Waals surface area contributed by atoms with Crippen molar-refractivity contribution in [3.63, 3.8) is 0 Å². The minimum atomic E-state index is -4.54. The number of aromatic nitrogens is 2. The molecule has 2 atom stereocenters. The van der Waals surface area contributed by atoms with Crippen LogP contribution in [0.2, 0.25) is 0 Å². The fourth-order valence-electron chi connectivity index (χ4n) is 4.57. The van der Waals surface area contributed by atoms with Crippen LogP contribution in [0.3, 0.4) is 0 Å². The Hall–Kier alpha value is -2.87. The lowest BCUT2D eigenvalue weighted by molar-refractivity contribution is -0.137. The molecule has 1 N–H and O–H groups in total. The average Bonchev–Trinajstić information content (AvgIpc) is 3.41. The van der Waals surface area contributed by atoms with Crippen LogP contribution in [0.4, 0.5) is 33.9 Å². The van der Waals surface area contributed by atoms with Crippen molar-refractivity contribution < 1.29 is 30.8 Å². The van der Waals surface area contributed by atoms with Gasteiger partial charge in [0.15, 0.2) is 5.82 Å². The van der Waals surface area contributed by atoms with Crippen LogP contribution >= 0.6 is 0 Å². The molecule has 1 aromatic heterocycles. The number of nitrogens with zero attached hydrogens (tertiary/aromatic N) is 5. The Morgan fingerprint density at radius 2 is 1.92 bits per heavy atom. The first-order valence-electron chi connectivity index (χ1n) is 11.5. The van der Waals surface area contributed by atoms with Crippen molar-refractivity contribution in [2.45, 2.75) is 38.3 Å². The Kier molecular flexibility index (Phi) is 7.19. The molecule has 3 heterocycles. The van der Waals surface area contributed by atoms with E-state index in [1.54, 1.807) is 4.90 Å². The maximum absolute atomic E-state index is 13.7. The summed E-state index contributed by atoms with van der Waals surface area (Å²) in [5.41, 5.74) is -0.0953. The summed E-state index contributed by atoms with van der Waals surface area (Å²) in [4.78, 5) is 17.9. The van der Waals surface area contributed by atoms with Gasteiger partial charge in [-0.2, -0.15) is 17.9 Å². The number of hydrogen-bond donors (Lipinski definition) is 1. The molecule has 1 amide bonds. The molecule has 0 spiro atoms. The normalized spacial score (nSPS) is 21.7. The molecule has 2 aromatic rings. The summed E-state index contributed by atoms with van der Waals surface area (Å²) < 4.78 is 80.4. The predicted molar refractivity (Wildman–Crippen MR) is 126 cm³/mol. The fourth-order valence-corrected chi connectivity index (χ4v) is 5.06. The molecule has 0 bridgehead atoms. The second-order valence-corrected chi connectivity index (χ2v) is 11.0. The van der Waals surface area contributed by atoms with Crippen LogP contribution < -0.4 is 9.62 Å². The molecular formula is C22H28F4N6O3S. The van der Waals surface area contributed by atoms with Gasteiger partial charge in [-0.25, -0.2) is 17.6 Å². The number of amides is 1. The van der Waals surface area contributed by atoms with Crippen molar-refractivity contribution in [3.05, 3.63) is 41.6 Å². The first kappa shape index (κ1) is 26.2. The number of sulfonamides is 1. The van der Waals surface area contributed by atoms with E-state index in [1.807, 2.05) is 6.92 Å². The lowest BCUT2D eigenvalue weighted by Crippen LogP contribution is -2.54. The molecule has 0 unspecified atom stereocenters. The van der Waals surface area contributed by atoms with Gasteiger partial charge in [0, 0.05) is 63.3 Å². The Morgan fingerprint density at radius 1 is 1.17 bits per heavy atom. The van der Waals surface area contributed by atoms with E-state index in [2.05, 4.69) is 14.7 Å². The topological polar surface area (TPSA) is 90.8 Å². The van der Waals surface area contributed by atoms with E-state index in [1.165, 1.54) is 29.3 Å². The van der Waals surface area contributed by atoms with E-state index >= 15 is 0 Å². The highest BCUT2D eigenvalue weighted by Gasteiger charge is 2.37. The van der Waals surface area contributed by atoms with E-state index < -0.39 is 34.0 Å². The van der Waals surface area contributed by atoms with Crippen molar-refractivity contribution in [3.8, 4) is 0 Å². The van der Waals surface area contributed by atoms with Crippen LogP contribution in [0.15, 0.2) is 30.5 Å². The number of hydrogen-bond acceptors (Lipinski definition) is 6. The first-order chi connectivity index (χ1) is 16.8. The predicted octanol–water partition coefficient (Wildman–Crippen LogP) is 3.00. The van der Waals surface area contributed by atoms with Gasteiger partial charge in [-0.05, 0) is 31.0 Å². The first-order valence-corrected chi connectivity index (χ1v) is 13.4. The Balaban J connectivity index is 1.43. The monoisotopic (exact) mass is 532 g/mol. The van der Waals surface area contributed by atoms with Gasteiger partial charge in [0.25, 0.3) is 0 Å². The van der Waals surface area contributed by atoms with Crippen molar-refractivity contribution in [2.75, 3.05) is 48.6 Å². The standard InChI is InChI=1S/C22H28F4N6O3S/c1-15-12-31(21(33)32-8-6-20(27-32)28-36(2,34)35)10-9-29(15)13-16-3-4-18(22(24,25)26)19(11-16)30-7-5-17(23)14-30/h3-4,6,8,11,15,17H,5,7,9-10,12-14H2,1-2H3,(H,27,28)/t15-,17-/m0/s1. The highest BCUT2D eigenvalue weighted by Crippen LogP contribution is 2.39. The second kappa shape index (κ2) is 9.88. The Bertz CT molecular complexity index is 1220. The molecule has 14 heteroatoms. The number of alkyl halides is 4. The summed E-state index contributed by atoms with van der Waals surface area (Å²) in [5.74, 6) is 0.0349. The Morgan fingerprint density at radius 3 is 2.53 bits per heavy atom. The van der Waals surface area contributed by atoms with Crippen LogP contribution in [0.25, 0.3) is 0 Å². The van der Waals surface area contributed by atoms with Crippen molar-refractivity contribution >= 4 is 27.6 Å². The molecule has 198 valence electrons. The zero-order valence-corrected chi connectivity index (χ0v) is 20.7. The van der Waals surface area contributed by atoms with Crippen molar-refractivity contribution in [1.82, 2.24) is 19.6 Å². The van der Waals surface area contributed by atoms with Crippen LogP contribution in [0, 0.1) is 0 Å². The van der Waals surface area contributed by atoms with Crippen molar-refractivity contribution in [1.29, 1.82) is 0 Å². The van der Waals surface area contributed by atoms with Gasteiger partial charge in [-0.15, -0.1) is 5.10 Å². The van der Waals surface area contributed by atoms with Gasteiger partial charge in [-0.3, -0.25) is 9.62 Å². The highest BCUT2D eigenvalue weighted by atomic mass is 32.2. The van der Waals surface area contributed by atoms with Crippen LogP contribution in [0.5, 0.6) is 0 Å². The van der Waals surface area contributed by atoms with Gasteiger partial charge in [0.05, 0.1) is 11.8 Å². The quantitative estimate of drug-likeness (QED) is 0.596. The molecular weight excluding hydrogens is 504 g/mol. The van der Waals surface area contributed by atoms with Crippen LogP contribution in [-0.2, 0) is 22.7 Å². The van der Waals surface area contributed by atoms with E-state index in [9.17, 15) is 30.8 Å². The molecule has 2 fully saturated rings. The second-order valence-electron chi connectivity index (χ2n) is 9.25. The SMILES string of the molecule is C[C@H]1CN(C(=O)n2ccc(NS(C)(=O)=O)n2)CCN1Cc1ccc(C(F)(F)F)c(N2CC[C@H](F)C2)c1. The fraction of sp³-hybridized carbons (Fsp3) is 0.545. The minimum absolute atomic E-state index is 0.00111. The third-order valence-electron chi connectivity index (χ3n) is 6.34. The molecule has 0 aliphatic carbocycles. The third kappa shape index (κ3) is 6.09. The zero-order chi connectivity index (χ0) is 26.3. The summed E-state index contributed by atoms with van der Waals surface area (Å²) in [5, 5.41) is 3.96. The van der Waals surface area contributed by atoms with E-state index in [4.69, 9.17) is 0 Å². The lowest BCUT2D eigenvalue weighted by Gasteiger charge is -2.39. The number of carbonyl (C=O) groups is 1. The summed E-state index contributed by atoms with van der Waals surface area (Å²) >= 11 is 0. The van der Waals surface area contributed by atoms with E-state index in [0.29, 0.717) is 31.7 Å². The molecule has 0 saturated carbocycles. The molecule has 9 nitrogen and oxygen atoms in total. The molecule has 2 aliphatic rings. The molecule has 1 aromatic carbocycles. The highest BCUT2D eigenvalue weighted by molar-refractivity contribution is 7.92. The summed E-state index contributed by atoms with van der Waals surface area (Å²) in [6, 6.07) is 4.87. The molecule has 2 aliphatic heterocycles. The van der Waals surface area contributed by atoms with E-state index in [0.717, 1.165) is 17.0 Å². The van der Waals surface area contributed by atoms with E-state index in [-0.39, 0.29) is 37.1 Å². The number of anilines is 2. The number of halogens is 4. The molecule has 2 saturated heterocycles. The summed E-state index contributed by atoms with van der Waals surface area (Å²) in [6.07, 6.45) is -3.12. The van der Waals surface area contributed by atoms with Gasteiger partial charge in [0.1, 0.15) is 6.17 Å². The van der Waals surface area contributed by atoms with Gasteiger partial charge in [-0.1, -0.05) is 6.07 Å². The summed E-state index contributed by atoms with van der Waals surface area (Å²) in [7, 11) is -3.52. The largest absolute Gasteiger partial charge is 0.418 e. The van der Waals surface area contributed by atoms with Gasteiger partial charge < -0.3 is 9.80 Å². The maximum Gasteiger partial charge on any atom is 0.418 e. The molecule has 0 radical (unpaired) electrons. The number of rotatable bonds is 5. The maximum atomic E-state index is 13.7. The smallest absolute Gasteiger partial charge is 0.368 e. The number of benzene rings is 1. The number of nitrogens with one attached hydrogen (secondary N) is 1. The minimum Gasteiger partial charge on any atom is -0.368 e. The van der Waals surface area contributed by atoms with Gasteiger partial charge >= 0.3 is 12.2 Å². The third-order valence-corrected chi connectivity index (χ3v) is 6.92. The zero-order valence-electron chi connectivity index (χ0n) is 19.9. The molecule has 4 rings (SSSR count). The van der Waals surface area contributed by atoms with Crippen molar-refractivity contribution in [2.24, 2.45) is 0 Å². The summed E-state index contributed by atoms with van der Waals surface area (Å²) in [6.45, 7) is 3.68. The van der Waals surface area contributed by atoms with Crippen LogP contribution in [0.1, 0.15) is 24.5 Å². The van der Waals surface area contributed by atoms with Gasteiger partial charge in [0.2, 0.25) is 10.0 Å². The number of piperazine rings is 1.